The average Bonchev–Trinajstić information content (AvgIpc) is 2.83. The first-order chi connectivity index (χ1) is 15.0. The van der Waals surface area contributed by atoms with Gasteiger partial charge < -0.3 is 19.3 Å². The normalized spacial score (nSPS) is 15.8. The summed E-state index contributed by atoms with van der Waals surface area (Å²) in [5.74, 6) is 0.120. The summed E-state index contributed by atoms with van der Waals surface area (Å²) in [5.41, 5.74) is 1.96. The topological polar surface area (TPSA) is 59.1 Å². The molecule has 0 bridgehead atoms. The van der Waals surface area contributed by atoms with Gasteiger partial charge in [-0.05, 0) is 23.6 Å². The highest BCUT2D eigenvalue weighted by Gasteiger charge is 2.29. The molecule has 1 amide bonds. The Hall–Kier alpha value is -3.02. The van der Waals surface area contributed by atoms with Crippen molar-refractivity contribution >= 4 is 17.6 Å². The van der Waals surface area contributed by atoms with Crippen LogP contribution in [-0.4, -0.2) is 56.7 Å². The minimum Gasteiger partial charge on any atom is -0.495 e. The molecule has 1 fully saturated rings. The van der Waals surface area contributed by atoms with Crippen molar-refractivity contribution in [1.82, 2.24) is 4.90 Å². The molecule has 0 radical (unpaired) electrons. The van der Waals surface area contributed by atoms with Gasteiger partial charge in [0.1, 0.15) is 5.75 Å². The number of piperazine rings is 1. The Labute approximate surface area is 184 Å². The summed E-state index contributed by atoms with van der Waals surface area (Å²) in [6.45, 7) is 6.47. The summed E-state index contributed by atoms with van der Waals surface area (Å²) in [6, 6.07) is 17.5. The van der Waals surface area contributed by atoms with E-state index in [0.717, 1.165) is 23.4 Å². The molecule has 1 heterocycles. The highest BCUT2D eigenvalue weighted by atomic mass is 16.5. The number of hydrogen-bond acceptors (Lipinski definition) is 5. The van der Waals surface area contributed by atoms with Crippen molar-refractivity contribution in [3.05, 3.63) is 60.2 Å². The van der Waals surface area contributed by atoms with Crippen molar-refractivity contribution in [2.24, 2.45) is 5.92 Å². The van der Waals surface area contributed by atoms with Gasteiger partial charge in [0.05, 0.1) is 18.7 Å². The Balaban J connectivity index is 1.54. The predicted octanol–water partition coefficient (Wildman–Crippen LogP) is 3.72. The zero-order valence-electron chi connectivity index (χ0n) is 18.6. The highest BCUT2D eigenvalue weighted by molar-refractivity contribution is 5.83. The molecule has 3 rings (SSSR count). The highest BCUT2D eigenvalue weighted by Crippen LogP contribution is 2.29. The number of hydrogen-bond donors (Lipinski definition) is 0. The lowest BCUT2D eigenvalue weighted by Gasteiger charge is -2.36. The Bertz CT molecular complexity index is 863. The van der Waals surface area contributed by atoms with E-state index >= 15 is 0 Å². The second-order valence-corrected chi connectivity index (χ2v) is 7.92. The summed E-state index contributed by atoms with van der Waals surface area (Å²) < 4.78 is 10.9. The lowest BCUT2D eigenvalue weighted by atomic mass is 9.86. The Morgan fingerprint density at radius 2 is 1.61 bits per heavy atom. The summed E-state index contributed by atoms with van der Waals surface area (Å²) >= 11 is 0. The van der Waals surface area contributed by atoms with Gasteiger partial charge in [-0.3, -0.25) is 9.59 Å². The van der Waals surface area contributed by atoms with Crippen LogP contribution in [0.15, 0.2) is 54.6 Å². The van der Waals surface area contributed by atoms with E-state index in [1.165, 1.54) is 0 Å². The molecule has 0 aromatic heterocycles. The van der Waals surface area contributed by atoms with Crippen LogP contribution in [0.3, 0.4) is 0 Å². The second-order valence-electron chi connectivity index (χ2n) is 7.92. The van der Waals surface area contributed by atoms with Gasteiger partial charge in [-0.1, -0.05) is 62.7 Å². The van der Waals surface area contributed by atoms with Crippen molar-refractivity contribution in [3.8, 4) is 5.75 Å². The molecule has 0 N–H and O–H groups in total. The third-order valence-electron chi connectivity index (χ3n) is 6.02. The number of ether oxygens (including phenoxy) is 2. The maximum atomic E-state index is 12.8. The number of carbonyl (C=O) groups is 2. The van der Waals surface area contributed by atoms with Crippen LogP contribution in [0.2, 0.25) is 0 Å². The van der Waals surface area contributed by atoms with Gasteiger partial charge in [0, 0.05) is 26.2 Å². The van der Waals surface area contributed by atoms with Gasteiger partial charge in [0.25, 0.3) is 5.91 Å². The number of benzene rings is 2. The van der Waals surface area contributed by atoms with Gasteiger partial charge in [0.15, 0.2) is 6.61 Å². The number of para-hydroxylation sites is 2. The molecule has 0 unspecified atom stereocenters. The van der Waals surface area contributed by atoms with Crippen molar-refractivity contribution in [1.29, 1.82) is 0 Å². The van der Waals surface area contributed by atoms with Crippen LogP contribution in [0.4, 0.5) is 5.69 Å². The molecule has 6 nitrogen and oxygen atoms in total. The summed E-state index contributed by atoms with van der Waals surface area (Å²) in [6.07, 6.45) is 0.855. The van der Waals surface area contributed by atoms with Crippen LogP contribution < -0.4 is 9.64 Å². The van der Waals surface area contributed by atoms with Crippen LogP contribution in [0, 0.1) is 5.92 Å². The molecule has 2 aromatic rings. The van der Waals surface area contributed by atoms with Gasteiger partial charge >= 0.3 is 5.97 Å². The number of carbonyl (C=O) groups excluding carboxylic acids is 2. The maximum absolute atomic E-state index is 12.8. The minimum absolute atomic E-state index is 0.134. The summed E-state index contributed by atoms with van der Waals surface area (Å²) in [4.78, 5) is 29.5. The van der Waals surface area contributed by atoms with E-state index < -0.39 is 0 Å². The van der Waals surface area contributed by atoms with Crippen molar-refractivity contribution in [3.63, 3.8) is 0 Å². The molecule has 1 saturated heterocycles. The van der Waals surface area contributed by atoms with E-state index in [4.69, 9.17) is 9.47 Å². The summed E-state index contributed by atoms with van der Waals surface area (Å²) in [7, 11) is 1.66. The molecular weight excluding hydrogens is 392 g/mol. The van der Waals surface area contributed by atoms with E-state index in [-0.39, 0.29) is 30.3 Å². The molecule has 6 heteroatoms. The van der Waals surface area contributed by atoms with Crippen LogP contribution >= 0.6 is 0 Å². The van der Waals surface area contributed by atoms with Gasteiger partial charge in [-0.2, -0.15) is 0 Å². The number of esters is 1. The molecule has 2 atom stereocenters. The van der Waals surface area contributed by atoms with Crippen LogP contribution in [0.5, 0.6) is 5.75 Å². The first-order valence-electron chi connectivity index (χ1n) is 10.9. The van der Waals surface area contributed by atoms with E-state index in [1.54, 1.807) is 12.0 Å². The van der Waals surface area contributed by atoms with Gasteiger partial charge in [-0.25, -0.2) is 0 Å². The fourth-order valence-electron chi connectivity index (χ4n) is 3.99. The van der Waals surface area contributed by atoms with Crippen LogP contribution in [0.1, 0.15) is 31.7 Å². The smallest absolute Gasteiger partial charge is 0.314 e. The van der Waals surface area contributed by atoms with Crippen molar-refractivity contribution < 1.29 is 19.1 Å². The minimum atomic E-state index is -0.360. The SMILES string of the molecule is CC[C@H](C)[C@@H](C(=O)OCC(=O)N1CCN(c2ccccc2OC)CC1)c1ccccc1. The average molecular weight is 425 g/mol. The fourth-order valence-corrected chi connectivity index (χ4v) is 3.99. The molecule has 166 valence electrons. The molecule has 0 aliphatic carbocycles. The van der Waals surface area contributed by atoms with Crippen LogP contribution in [-0.2, 0) is 14.3 Å². The monoisotopic (exact) mass is 424 g/mol. The molecule has 1 aliphatic rings. The van der Waals surface area contributed by atoms with Crippen molar-refractivity contribution in [2.45, 2.75) is 26.2 Å². The molecule has 31 heavy (non-hydrogen) atoms. The first-order valence-corrected chi connectivity index (χ1v) is 10.9. The number of anilines is 1. The van der Waals surface area contributed by atoms with E-state index in [9.17, 15) is 9.59 Å². The largest absolute Gasteiger partial charge is 0.495 e. The quantitative estimate of drug-likeness (QED) is 0.605. The second kappa shape index (κ2) is 10.8. The number of rotatable bonds is 8. The maximum Gasteiger partial charge on any atom is 0.314 e. The zero-order valence-corrected chi connectivity index (χ0v) is 18.6. The Kier molecular flexibility index (Phi) is 7.93. The Morgan fingerprint density at radius 3 is 2.26 bits per heavy atom. The number of methoxy groups -OCH3 is 1. The third-order valence-corrected chi connectivity index (χ3v) is 6.02. The molecule has 0 saturated carbocycles. The first kappa shape index (κ1) is 22.7. The number of nitrogens with zero attached hydrogens (tertiary/aromatic N) is 2. The third kappa shape index (κ3) is 5.57. The molecule has 1 aliphatic heterocycles. The van der Waals surface area contributed by atoms with E-state index in [1.807, 2.05) is 61.5 Å². The lowest BCUT2D eigenvalue weighted by molar-refractivity contribution is -0.154. The van der Waals surface area contributed by atoms with Crippen LogP contribution in [0.25, 0.3) is 0 Å². The van der Waals surface area contributed by atoms with Gasteiger partial charge in [-0.15, -0.1) is 0 Å². The standard InChI is InChI=1S/C25H32N2O4/c1-4-19(2)24(20-10-6-5-7-11-20)25(29)31-18-23(28)27-16-14-26(15-17-27)21-12-8-9-13-22(21)30-3/h5-13,19,24H,4,14-18H2,1-3H3/t19-,24+/m0/s1. The molecular formula is C25H32N2O4. The molecule has 2 aromatic carbocycles. The Morgan fingerprint density at radius 1 is 0.968 bits per heavy atom. The summed E-state index contributed by atoms with van der Waals surface area (Å²) in [5, 5.41) is 0. The fraction of sp³-hybridized carbons (Fsp3) is 0.440. The lowest BCUT2D eigenvalue weighted by Crippen LogP contribution is -2.50. The van der Waals surface area contributed by atoms with Crippen molar-refractivity contribution in [2.75, 3.05) is 44.8 Å². The zero-order chi connectivity index (χ0) is 22.2. The predicted molar refractivity (Wildman–Crippen MR) is 121 cm³/mol. The van der Waals surface area contributed by atoms with E-state index in [0.29, 0.717) is 26.2 Å². The van der Waals surface area contributed by atoms with Gasteiger partial charge in [0.2, 0.25) is 0 Å². The molecule has 0 spiro atoms. The number of amides is 1. The van der Waals surface area contributed by atoms with E-state index in [2.05, 4.69) is 11.8 Å².